The number of carbonyl (C=O) groups excluding carboxylic acids is 2. The molecule has 1 atom stereocenters. The largest absolute Gasteiger partial charge is 0.467 e. The molecule has 0 spiro atoms. The minimum Gasteiger partial charge on any atom is -0.467 e. The molecule has 0 aromatic carbocycles. The molecule has 2 heterocycles. The van der Waals surface area contributed by atoms with E-state index in [1.165, 1.54) is 19.1 Å². The Morgan fingerprint density at radius 3 is 2.69 bits per heavy atom. The van der Waals surface area contributed by atoms with Gasteiger partial charge in [0.1, 0.15) is 17.5 Å². The van der Waals surface area contributed by atoms with Gasteiger partial charge in [-0.25, -0.2) is 14.6 Å². The molecule has 202 valence electrons. The molecule has 2 N–H and O–H groups in total. The molecule has 1 aromatic heterocycles. The molecule has 9 nitrogen and oxygen atoms in total. The molecule has 3 rings (SSSR count). The molecule has 1 fully saturated rings. The number of aromatic nitrogens is 1. The van der Waals surface area contributed by atoms with Crippen LogP contribution in [0.5, 0.6) is 0 Å². The summed E-state index contributed by atoms with van der Waals surface area (Å²) in [6, 6.07) is 4.10. The average molecular weight is 505 g/mol. The van der Waals surface area contributed by atoms with Gasteiger partial charge in [-0.15, -0.1) is 0 Å². The summed E-state index contributed by atoms with van der Waals surface area (Å²) < 4.78 is 15.6. The normalized spacial score (nSPS) is 20.1. The van der Waals surface area contributed by atoms with Gasteiger partial charge in [0, 0.05) is 38.5 Å². The predicted octanol–water partition coefficient (Wildman–Crippen LogP) is 3.56. The monoisotopic (exact) mass is 504 g/mol. The standard InChI is InChI=1S/C27H44N4O5/c1-27(2,3)36-26(33)30-23(25(32)35-5)12-14-31(15-16-34-4)22-17-19(18-22)8-10-21-11-9-20-7-6-13-28-24(20)29-21/h9,11,19,22-23H,6-8,10,12-18H2,1-5H3,(H,28,29)(H,30,33)/t19?,22?,23-/m0/s1. The minimum absolute atomic E-state index is 0.447. The number of nitrogens with one attached hydrogen (secondary N) is 2. The molecule has 0 saturated heterocycles. The van der Waals surface area contributed by atoms with Crippen LogP contribution in [0.1, 0.15) is 64.1 Å². The zero-order valence-electron chi connectivity index (χ0n) is 22.6. The van der Waals surface area contributed by atoms with E-state index < -0.39 is 23.7 Å². The summed E-state index contributed by atoms with van der Waals surface area (Å²) in [6.45, 7) is 8.44. The lowest BCUT2D eigenvalue weighted by Crippen LogP contribution is -2.50. The van der Waals surface area contributed by atoms with E-state index in [0.717, 1.165) is 56.7 Å². The molecule has 9 heteroatoms. The summed E-state index contributed by atoms with van der Waals surface area (Å²) in [5, 5.41) is 6.10. The van der Waals surface area contributed by atoms with E-state index in [0.29, 0.717) is 31.5 Å². The Morgan fingerprint density at radius 1 is 1.22 bits per heavy atom. The van der Waals surface area contributed by atoms with Crippen molar-refractivity contribution in [3.05, 3.63) is 23.4 Å². The lowest BCUT2D eigenvalue weighted by Gasteiger charge is -2.43. The number of hydrogen-bond donors (Lipinski definition) is 2. The third-order valence-corrected chi connectivity index (χ3v) is 6.95. The Kier molecular flexibility index (Phi) is 10.4. The number of pyridine rings is 1. The second-order valence-corrected chi connectivity index (χ2v) is 10.9. The number of ether oxygens (including phenoxy) is 3. The van der Waals surface area contributed by atoms with Gasteiger partial charge in [-0.3, -0.25) is 4.90 Å². The number of amides is 1. The van der Waals surface area contributed by atoms with E-state index >= 15 is 0 Å². The zero-order valence-corrected chi connectivity index (χ0v) is 22.6. The van der Waals surface area contributed by atoms with Crippen molar-refractivity contribution >= 4 is 17.9 Å². The minimum atomic E-state index is -0.755. The molecule has 0 bridgehead atoms. The molecule has 1 aromatic rings. The Morgan fingerprint density at radius 2 is 2.00 bits per heavy atom. The number of aryl methyl sites for hydroxylation is 2. The van der Waals surface area contributed by atoms with E-state index in [9.17, 15) is 9.59 Å². The maximum absolute atomic E-state index is 12.3. The molecule has 2 aliphatic rings. The maximum atomic E-state index is 12.3. The Balaban J connectivity index is 1.48. The molecule has 0 radical (unpaired) electrons. The lowest BCUT2D eigenvalue weighted by molar-refractivity contribution is -0.143. The second kappa shape index (κ2) is 13.2. The number of carbonyl (C=O) groups is 2. The van der Waals surface area contributed by atoms with Crippen molar-refractivity contribution < 1.29 is 23.8 Å². The van der Waals surface area contributed by atoms with Gasteiger partial charge in [-0.05, 0) is 83.3 Å². The summed E-state index contributed by atoms with van der Waals surface area (Å²) in [4.78, 5) is 31.7. The van der Waals surface area contributed by atoms with Gasteiger partial charge < -0.3 is 24.8 Å². The van der Waals surface area contributed by atoms with Crippen LogP contribution >= 0.6 is 0 Å². The highest BCUT2D eigenvalue weighted by atomic mass is 16.6. The van der Waals surface area contributed by atoms with Gasteiger partial charge >= 0.3 is 12.1 Å². The summed E-state index contributed by atoms with van der Waals surface area (Å²) in [6.07, 6.45) is 6.49. The van der Waals surface area contributed by atoms with Gasteiger partial charge in [-0.1, -0.05) is 6.07 Å². The fourth-order valence-electron chi connectivity index (χ4n) is 4.92. The number of alkyl carbamates (subject to hydrolysis) is 1. The third-order valence-electron chi connectivity index (χ3n) is 6.95. The van der Waals surface area contributed by atoms with Crippen LogP contribution in [0.2, 0.25) is 0 Å². The predicted molar refractivity (Wildman–Crippen MR) is 139 cm³/mol. The van der Waals surface area contributed by atoms with Crippen LogP contribution in [-0.2, 0) is 31.8 Å². The maximum Gasteiger partial charge on any atom is 0.408 e. The molecule has 1 aliphatic carbocycles. The zero-order chi connectivity index (χ0) is 26.1. The first-order valence-corrected chi connectivity index (χ1v) is 13.2. The topological polar surface area (TPSA) is 102 Å². The number of anilines is 1. The van der Waals surface area contributed by atoms with Crippen molar-refractivity contribution in [1.29, 1.82) is 0 Å². The molecular weight excluding hydrogens is 460 g/mol. The van der Waals surface area contributed by atoms with Crippen molar-refractivity contribution in [3.8, 4) is 0 Å². The Bertz CT molecular complexity index is 866. The van der Waals surface area contributed by atoms with Gasteiger partial charge in [-0.2, -0.15) is 0 Å². The SMILES string of the molecule is COCCN(CC[C@H](NC(=O)OC(C)(C)C)C(=O)OC)C1CC(CCc2ccc3c(n2)NCCC3)C1. The van der Waals surface area contributed by atoms with Crippen molar-refractivity contribution in [2.45, 2.75) is 83.4 Å². The van der Waals surface area contributed by atoms with Crippen LogP contribution in [0.15, 0.2) is 12.1 Å². The van der Waals surface area contributed by atoms with Crippen LogP contribution in [0.4, 0.5) is 10.6 Å². The van der Waals surface area contributed by atoms with Gasteiger partial charge in [0.2, 0.25) is 0 Å². The number of hydrogen-bond acceptors (Lipinski definition) is 8. The summed E-state index contributed by atoms with van der Waals surface area (Å²) in [5.41, 5.74) is 1.85. The van der Waals surface area contributed by atoms with Crippen molar-refractivity contribution in [2.75, 3.05) is 45.8 Å². The Hall–Kier alpha value is -2.39. The number of nitrogens with zero attached hydrogens (tertiary/aromatic N) is 2. The first-order chi connectivity index (χ1) is 17.2. The van der Waals surface area contributed by atoms with E-state index in [1.807, 2.05) is 0 Å². The van der Waals surface area contributed by atoms with Crippen molar-refractivity contribution in [1.82, 2.24) is 15.2 Å². The van der Waals surface area contributed by atoms with E-state index in [1.54, 1.807) is 27.9 Å². The fourth-order valence-corrected chi connectivity index (χ4v) is 4.92. The number of rotatable bonds is 12. The molecule has 1 saturated carbocycles. The van der Waals surface area contributed by atoms with Crippen LogP contribution in [0.25, 0.3) is 0 Å². The highest BCUT2D eigenvalue weighted by molar-refractivity contribution is 5.81. The molecule has 0 unspecified atom stereocenters. The van der Waals surface area contributed by atoms with E-state index in [2.05, 4.69) is 27.7 Å². The Labute approximate surface area is 215 Å². The molecular formula is C27H44N4O5. The molecule has 1 aliphatic heterocycles. The third kappa shape index (κ3) is 8.62. The quantitative estimate of drug-likeness (QED) is 0.417. The van der Waals surface area contributed by atoms with E-state index in [4.69, 9.17) is 19.2 Å². The smallest absolute Gasteiger partial charge is 0.408 e. The summed E-state index contributed by atoms with van der Waals surface area (Å²) in [5.74, 6) is 1.27. The van der Waals surface area contributed by atoms with Crippen LogP contribution in [0.3, 0.4) is 0 Å². The van der Waals surface area contributed by atoms with Crippen molar-refractivity contribution in [3.63, 3.8) is 0 Å². The van der Waals surface area contributed by atoms with Gasteiger partial charge in [0.25, 0.3) is 0 Å². The van der Waals surface area contributed by atoms with Crippen molar-refractivity contribution in [2.24, 2.45) is 5.92 Å². The molecule has 1 amide bonds. The van der Waals surface area contributed by atoms with Crippen LogP contribution < -0.4 is 10.6 Å². The average Bonchev–Trinajstić information content (AvgIpc) is 2.81. The van der Waals surface area contributed by atoms with Crippen LogP contribution in [0, 0.1) is 5.92 Å². The summed E-state index contributed by atoms with van der Waals surface area (Å²) >= 11 is 0. The first-order valence-electron chi connectivity index (χ1n) is 13.2. The fraction of sp³-hybridized carbons (Fsp3) is 0.741. The first kappa shape index (κ1) is 28.2. The number of esters is 1. The number of fused-ring (bicyclic) bond motifs is 1. The summed E-state index contributed by atoms with van der Waals surface area (Å²) in [7, 11) is 3.03. The van der Waals surface area contributed by atoms with Gasteiger partial charge in [0.15, 0.2) is 0 Å². The lowest BCUT2D eigenvalue weighted by atomic mass is 9.76. The van der Waals surface area contributed by atoms with E-state index in [-0.39, 0.29) is 0 Å². The molecule has 36 heavy (non-hydrogen) atoms. The highest BCUT2D eigenvalue weighted by Crippen LogP contribution is 2.35. The van der Waals surface area contributed by atoms with Crippen LogP contribution in [-0.4, -0.2) is 80.1 Å². The van der Waals surface area contributed by atoms with Gasteiger partial charge in [0.05, 0.1) is 13.7 Å². The highest BCUT2D eigenvalue weighted by Gasteiger charge is 2.34. The number of methoxy groups -OCH3 is 2. The second-order valence-electron chi connectivity index (χ2n) is 10.9.